The van der Waals surface area contributed by atoms with E-state index in [2.05, 4.69) is 23.8 Å². The minimum atomic E-state index is 0.212. The van der Waals surface area contributed by atoms with Gasteiger partial charge in [-0.2, -0.15) is 10.2 Å². The van der Waals surface area contributed by atoms with Crippen molar-refractivity contribution in [2.75, 3.05) is 20.2 Å². The Balaban J connectivity index is 2.82. The van der Waals surface area contributed by atoms with E-state index in [1.807, 2.05) is 24.9 Å². The van der Waals surface area contributed by atoms with Crippen LogP contribution in [0, 0.1) is 17.2 Å². The fourth-order valence-corrected chi connectivity index (χ4v) is 1.85. The first-order valence-corrected chi connectivity index (χ1v) is 7.83. The van der Waals surface area contributed by atoms with E-state index < -0.39 is 0 Å². The van der Waals surface area contributed by atoms with Gasteiger partial charge in [0.15, 0.2) is 5.69 Å². The van der Waals surface area contributed by atoms with Crippen molar-refractivity contribution in [3.05, 3.63) is 16.8 Å². The molecule has 22 heavy (non-hydrogen) atoms. The maximum atomic E-state index is 9.20. The summed E-state index contributed by atoms with van der Waals surface area (Å²) in [4.78, 5) is 10.3. The summed E-state index contributed by atoms with van der Waals surface area (Å²) in [5, 5.41) is 9.57. The first kappa shape index (κ1) is 18.2. The topological polar surface area (TPSA) is 61.5 Å². The zero-order chi connectivity index (χ0) is 16.5. The summed E-state index contributed by atoms with van der Waals surface area (Å²) >= 11 is 6.16. The van der Waals surface area contributed by atoms with E-state index in [0.717, 1.165) is 19.4 Å². The van der Waals surface area contributed by atoms with Crippen LogP contribution in [-0.2, 0) is 0 Å². The van der Waals surface area contributed by atoms with Crippen molar-refractivity contribution in [3.63, 3.8) is 0 Å². The number of nitrogens with zero attached hydrogens (tertiary/aromatic N) is 4. The zero-order valence-electron chi connectivity index (χ0n) is 13.6. The molecule has 0 N–H and O–H groups in total. The van der Waals surface area contributed by atoms with Crippen LogP contribution in [0.25, 0.3) is 0 Å². The Hall–Kier alpha value is -1.80. The van der Waals surface area contributed by atoms with E-state index >= 15 is 0 Å². The van der Waals surface area contributed by atoms with Gasteiger partial charge in [0.1, 0.15) is 16.8 Å². The second-order valence-corrected chi connectivity index (χ2v) is 5.86. The van der Waals surface area contributed by atoms with Gasteiger partial charge in [-0.3, -0.25) is 0 Å². The molecule has 0 saturated carbocycles. The lowest BCUT2D eigenvalue weighted by Crippen LogP contribution is -2.14. The summed E-state index contributed by atoms with van der Waals surface area (Å²) < 4.78 is 5.57. The van der Waals surface area contributed by atoms with Crippen LogP contribution in [0.3, 0.4) is 0 Å². The number of hydrogen-bond donors (Lipinski definition) is 0. The van der Waals surface area contributed by atoms with E-state index in [0.29, 0.717) is 29.1 Å². The Labute approximate surface area is 137 Å². The molecule has 0 saturated heterocycles. The van der Waals surface area contributed by atoms with Gasteiger partial charge < -0.3 is 9.64 Å². The average Bonchev–Trinajstić information content (AvgIpc) is 2.50. The van der Waals surface area contributed by atoms with Crippen LogP contribution in [0.2, 0.25) is 5.02 Å². The summed E-state index contributed by atoms with van der Waals surface area (Å²) in [6.45, 7) is 7.70. The molecule has 0 spiro atoms. The molecule has 0 unspecified atom stereocenters. The van der Waals surface area contributed by atoms with Gasteiger partial charge in [0.05, 0.1) is 12.9 Å². The number of ether oxygens (including phenoxy) is 1. The number of aliphatic imine (C=N–C) groups is 1. The van der Waals surface area contributed by atoms with Crippen molar-refractivity contribution < 1.29 is 4.74 Å². The third-order valence-electron chi connectivity index (χ3n) is 3.09. The van der Waals surface area contributed by atoms with Crippen molar-refractivity contribution in [3.8, 4) is 11.9 Å². The van der Waals surface area contributed by atoms with Crippen LogP contribution < -0.4 is 4.74 Å². The maximum Gasteiger partial charge on any atom is 0.234 e. The number of pyridine rings is 1. The molecule has 1 heterocycles. The molecule has 0 fully saturated rings. The lowest BCUT2D eigenvalue weighted by atomic mass is 10.1. The summed E-state index contributed by atoms with van der Waals surface area (Å²) in [5.41, 5.74) is 0.659. The van der Waals surface area contributed by atoms with E-state index in [1.54, 1.807) is 12.4 Å². The molecule has 6 heteroatoms. The first-order chi connectivity index (χ1) is 10.5. The molecule has 5 nitrogen and oxygen atoms in total. The highest BCUT2D eigenvalue weighted by atomic mass is 35.5. The van der Waals surface area contributed by atoms with Crippen LogP contribution in [0.1, 0.15) is 39.3 Å². The normalized spacial score (nSPS) is 11.0. The Morgan fingerprint density at radius 3 is 2.86 bits per heavy atom. The zero-order valence-corrected chi connectivity index (χ0v) is 14.4. The molecule has 0 atom stereocenters. The predicted octanol–water partition coefficient (Wildman–Crippen LogP) is 4.03. The van der Waals surface area contributed by atoms with E-state index in [-0.39, 0.29) is 5.69 Å². The number of halogens is 1. The molecule has 0 aliphatic heterocycles. The third kappa shape index (κ3) is 5.90. The number of hydrogen-bond acceptors (Lipinski definition) is 4. The molecular weight excluding hydrogens is 300 g/mol. The molecule has 1 rings (SSSR count). The van der Waals surface area contributed by atoms with Crippen molar-refractivity contribution in [2.45, 2.75) is 33.6 Å². The van der Waals surface area contributed by atoms with Crippen LogP contribution >= 0.6 is 11.6 Å². The van der Waals surface area contributed by atoms with Gasteiger partial charge in [0, 0.05) is 13.6 Å². The minimum absolute atomic E-state index is 0.212. The Morgan fingerprint density at radius 1 is 1.55 bits per heavy atom. The molecule has 0 amide bonds. The highest BCUT2D eigenvalue weighted by Crippen LogP contribution is 2.29. The lowest BCUT2D eigenvalue weighted by Gasteiger charge is -2.10. The van der Waals surface area contributed by atoms with E-state index in [4.69, 9.17) is 16.3 Å². The summed E-state index contributed by atoms with van der Waals surface area (Å²) in [6.07, 6.45) is 3.66. The van der Waals surface area contributed by atoms with Crippen LogP contribution in [0.5, 0.6) is 5.88 Å². The third-order valence-corrected chi connectivity index (χ3v) is 3.36. The molecular formula is C16H23ClN4O. The number of nitriles is 1. The van der Waals surface area contributed by atoms with Crippen LogP contribution in [0.15, 0.2) is 11.1 Å². The Morgan fingerprint density at radius 2 is 2.27 bits per heavy atom. The first-order valence-electron chi connectivity index (χ1n) is 7.45. The second kappa shape index (κ2) is 9.26. The van der Waals surface area contributed by atoms with Gasteiger partial charge in [-0.05, 0) is 31.7 Å². The maximum absolute atomic E-state index is 9.20. The van der Waals surface area contributed by atoms with Crippen molar-refractivity contribution >= 4 is 23.6 Å². The highest BCUT2D eigenvalue weighted by Gasteiger charge is 2.11. The van der Waals surface area contributed by atoms with Crippen molar-refractivity contribution in [2.24, 2.45) is 10.9 Å². The molecule has 0 bridgehead atoms. The molecule has 1 aromatic rings. The molecule has 0 aliphatic carbocycles. The molecule has 1 aromatic heterocycles. The van der Waals surface area contributed by atoms with Gasteiger partial charge in [-0.1, -0.05) is 25.4 Å². The SMILES string of the molecule is CCN(C)/C=N/c1cc(Cl)c(OCCCC(C)C)nc1C#N. The van der Waals surface area contributed by atoms with Crippen LogP contribution in [0.4, 0.5) is 5.69 Å². The quantitative estimate of drug-likeness (QED) is 0.412. The van der Waals surface area contributed by atoms with Crippen molar-refractivity contribution in [1.29, 1.82) is 5.26 Å². The van der Waals surface area contributed by atoms with E-state index in [9.17, 15) is 5.26 Å². The minimum Gasteiger partial charge on any atom is -0.477 e. The number of rotatable bonds is 8. The van der Waals surface area contributed by atoms with Crippen LogP contribution in [-0.4, -0.2) is 36.4 Å². The van der Waals surface area contributed by atoms with E-state index in [1.165, 1.54) is 0 Å². The largest absolute Gasteiger partial charge is 0.477 e. The summed E-state index contributed by atoms with van der Waals surface area (Å²) in [5.74, 6) is 0.929. The second-order valence-electron chi connectivity index (χ2n) is 5.46. The Bertz CT molecular complexity index is 552. The predicted molar refractivity (Wildman–Crippen MR) is 90.0 cm³/mol. The monoisotopic (exact) mass is 322 g/mol. The smallest absolute Gasteiger partial charge is 0.234 e. The molecule has 0 radical (unpaired) electrons. The highest BCUT2D eigenvalue weighted by molar-refractivity contribution is 6.32. The fourth-order valence-electron chi connectivity index (χ4n) is 1.65. The van der Waals surface area contributed by atoms with Gasteiger partial charge >= 0.3 is 0 Å². The van der Waals surface area contributed by atoms with Gasteiger partial charge in [-0.15, -0.1) is 0 Å². The van der Waals surface area contributed by atoms with Gasteiger partial charge in [0.25, 0.3) is 0 Å². The lowest BCUT2D eigenvalue weighted by molar-refractivity contribution is 0.287. The summed E-state index contributed by atoms with van der Waals surface area (Å²) in [6, 6.07) is 3.65. The summed E-state index contributed by atoms with van der Waals surface area (Å²) in [7, 11) is 1.90. The molecule has 120 valence electrons. The Kier molecular flexibility index (Phi) is 7.69. The van der Waals surface area contributed by atoms with Gasteiger partial charge in [-0.25, -0.2) is 4.99 Å². The number of aromatic nitrogens is 1. The average molecular weight is 323 g/mol. The fraction of sp³-hybridized carbons (Fsp3) is 0.562. The van der Waals surface area contributed by atoms with Crippen molar-refractivity contribution in [1.82, 2.24) is 9.88 Å². The van der Waals surface area contributed by atoms with Gasteiger partial charge in [0.2, 0.25) is 5.88 Å². The molecule has 0 aromatic carbocycles. The standard InChI is InChI=1S/C16H23ClN4O/c1-5-21(4)11-19-14-9-13(17)16(20-15(14)10-18)22-8-6-7-12(2)3/h9,11-12H,5-8H2,1-4H3/b19-11+. The molecule has 0 aliphatic rings.